The number of nitrogens with zero attached hydrogens (tertiary/aromatic N) is 2. The highest BCUT2D eigenvalue weighted by atomic mass is 35.5. The van der Waals surface area contributed by atoms with Crippen molar-refractivity contribution in [2.24, 2.45) is 5.92 Å². The van der Waals surface area contributed by atoms with Crippen LogP contribution in [0.2, 0.25) is 5.02 Å². The summed E-state index contributed by atoms with van der Waals surface area (Å²) in [5.41, 5.74) is 4.38. The van der Waals surface area contributed by atoms with Crippen molar-refractivity contribution in [2.75, 3.05) is 5.32 Å². The third-order valence-electron chi connectivity index (χ3n) is 4.31. The van der Waals surface area contributed by atoms with Crippen LogP contribution in [0.4, 0.5) is 5.95 Å². The molecule has 1 aromatic heterocycles. The van der Waals surface area contributed by atoms with Crippen LogP contribution in [-0.2, 0) is 0 Å². The highest BCUT2D eigenvalue weighted by molar-refractivity contribution is 7.99. The number of nitrogens with one attached hydrogen (secondary N) is 1. The Morgan fingerprint density at radius 2 is 2.17 bits per heavy atom. The van der Waals surface area contributed by atoms with Crippen LogP contribution >= 0.6 is 23.4 Å². The first-order chi connectivity index (χ1) is 11.6. The molecular weight excluding hydrogens is 338 g/mol. The van der Waals surface area contributed by atoms with Gasteiger partial charge < -0.3 is 5.32 Å². The highest BCUT2D eigenvalue weighted by Gasteiger charge is 2.25. The molecule has 0 radical (unpaired) electrons. The lowest BCUT2D eigenvalue weighted by Gasteiger charge is -2.24. The summed E-state index contributed by atoms with van der Waals surface area (Å²) < 4.78 is 0. The maximum Gasteiger partial charge on any atom is 0.227 e. The summed E-state index contributed by atoms with van der Waals surface area (Å²) in [7, 11) is 0. The molecule has 1 aliphatic heterocycles. The van der Waals surface area contributed by atoms with Gasteiger partial charge in [-0.25, -0.2) is 9.97 Å². The number of hydrogen-bond acceptors (Lipinski definition) is 4. The number of thioether (sulfide) groups is 1. The van der Waals surface area contributed by atoms with Crippen LogP contribution in [0.1, 0.15) is 31.1 Å². The molecule has 2 heterocycles. The maximum absolute atomic E-state index is 6.21. The van der Waals surface area contributed by atoms with Crippen molar-refractivity contribution in [2.45, 2.75) is 30.4 Å². The first-order valence-electron chi connectivity index (χ1n) is 8.08. The van der Waals surface area contributed by atoms with Gasteiger partial charge in [0.2, 0.25) is 5.95 Å². The number of allylic oxidation sites excluding steroid dienone is 4. The van der Waals surface area contributed by atoms with Crippen LogP contribution in [-0.4, -0.2) is 9.97 Å². The van der Waals surface area contributed by atoms with Gasteiger partial charge in [-0.2, -0.15) is 0 Å². The number of benzene rings is 1. The minimum absolute atomic E-state index is 0.333. The molecule has 1 unspecified atom stereocenters. The second kappa shape index (κ2) is 6.26. The molecule has 4 rings (SSSR count). The van der Waals surface area contributed by atoms with Crippen LogP contribution in [0.3, 0.4) is 0 Å². The molecule has 3 nitrogen and oxygen atoms in total. The van der Waals surface area contributed by atoms with Crippen LogP contribution in [0.25, 0.3) is 11.3 Å². The lowest BCUT2D eigenvalue weighted by molar-refractivity contribution is 0.708. The molecule has 1 aromatic carbocycles. The third kappa shape index (κ3) is 2.96. The van der Waals surface area contributed by atoms with Gasteiger partial charge in [-0.15, -0.1) is 11.8 Å². The molecule has 2 aliphatic rings. The van der Waals surface area contributed by atoms with Crippen molar-refractivity contribution in [3.63, 3.8) is 0 Å². The van der Waals surface area contributed by atoms with Gasteiger partial charge in [0.25, 0.3) is 0 Å². The Kier molecular flexibility index (Phi) is 4.10. The summed E-state index contributed by atoms with van der Waals surface area (Å²) in [5, 5.41) is 4.44. The Labute approximate surface area is 151 Å². The van der Waals surface area contributed by atoms with Gasteiger partial charge in [0.15, 0.2) is 0 Å². The number of anilines is 1. The Hall–Kier alpha value is -1.78. The predicted octanol–water partition coefficient (Wildman–Crippen LogP) is 5.86. The van der Waals surface area contributed by atoms with Crippen molar-refractivity contribution >= 4 is 29.3 Å². The number of hydrogen-bond donors (Lipinski definition) is 1. The molecule has 0 fully saturated rings. The number of aromatic nitrogens is 2. The zero-order chi connectivity index (χ0) is 16.7. The SMILES string of the molecule is CC1Sc2ccc(Cl)cc2-c2nc(NC3=CC=C[C@H](C)C3)ncc21. The van der Waals surface area contributed by atoms with Gasteiger partial charge in [0, 0.05) is 38.2 Å². The van der Waals surface area contributed by atoms with Crippen LogP contribution in [0, 0.1) is 5.92 Å². The van der Waals surface area contributed by atoms with Gasteiger partial charge in [-0.3, -0.25) is 0 Å². The second-order valence-corrected chi connectivity index (χ2v) is 8.10. The summed E-state index contributed by atoms with van der Waals surface area (Å²) >= 11 is 8.03. The van der Waals surface area contributed by atoms with Crippen molar-refractivity contribution in [3.05, 3.63) is 58.9 Å². The van der Waals surface area contributed by atoms with E-state index in [1.54, 1.807) is 0 Å². The maximum atomic E-state index is 6.21. The first kappa shape index (κ1) is 15.7. The van der Waals surface area contributed by atoms with E-state index in [-0.39, 0.29) is 0 Å². The average Bonchev–Trinajstić information content (AvgIpc) is 2.56. The average molecular weight is 356 g/mol. The Morgan fingerprint density at radius 3 is 3.00 bits per heavy atom. The van der Waals surface area contributed by atoms with Crippen LogP contribution < -0.4 is 5.32 Å². The summed E-state index contributed by atoms with van der Waals surface area (Å²) in [4.78, 5) is 10.5. The van der Waals surface area contributed by atoms with Gasteiger partial charge in [0.1, 0.15) is 0 Å². The van der Waals surface area contributed by atoms with E-state index in [9.17, 15) is 0 Å². The minimum Gasteiger partial charge on any atom is -0.328 e. The molecule has 1 aliphatic carbocycles. The summed E-state index contributed by atoms with van der Waals surface area (Å²) in [6, 6.07) is 6.01. The van der Waals surface area contributed by atoms with Crippen molar-refractivity contribution in [1.29, 1.82) is 0 Å². The molecule has 5 heteroatoms. The number of halogens is 1. The molecule has 0 spiro atoms. The standard InChI is InChI=1S/C19H18ClN3S/c1-11-4-3-5-14(8-11)22-19-21-10-16-12(2)24-17-7-6-13(20)9-15(17)18(16)23-19/h3-7,9-12H,8H2,1-2H3,(H,21,22,23)/t11-,12?/m0/s1. The van der Waals surface area contributed by atoms with Gasteiger partial charge in [0.05, 0.1) is 5.69 Å². The lowest BCUT2D eigenvalue weighted by Crippen LogP contribution is -2.11. The molecule has 0 bridgehead atoms. The van der Waals surface area contributed by atoms with Gasteiger partial charge in [-0.05, 0) is 43.5 Å². The molecule has 0 saturated carbocycles. The second-order valence-electron chi connectivity index (χ2n) is 6.28. The Balaban J connectivity index is 1.73. The van der Waals surface area contributed by atoms with Crippen molar-refractivity contribution in [1.82, 2.24) is 9.97 Å². The molecule has 0 saturated heterocycles. The quantitative estimate of drug-likeness (QED) is 0.732. The fraction of sp³-hybridized carbons (Fsp3) is 0.263. The molecular formula is C19H18ClN3S. The van der Waals surface area contributed by atoms with Crippen LogP contribution in [0.15, 0.2) is 53.2 Å². The Morgan fingerprint density at radius 1 is 1.29 bits per heavy atom. The van der Waals surface area contributed by atoms with E-state index in [1.165, 1.54) is 4.90 Å². The first-order valence-corrected chi connectivity index (χ1v) is 9.34. The van der Waals surface area contributed by atoms with Crippen molar-refractivity contribution in [3.8, 4) is 11.3 Å². The van der Waals surface area contributed by atoms with E-state index in [1.807, 2.05) is 30.1 Å². The zero-order valence-corrected chi connectivity index (χ0v) is 15.2. The number of fused-ring (bicyclic) bond motifs is 3. The molecule has 1 N–H and O–H groups in total. The smallest absolute Gasteiger partial charge is 0.227 e. The topological polar surface area (TPSA) is 37.8 Å². The van der Waals surface area contributed by atoms with E-state index < -0.39 is 0 Å². The van der Waals surface area contributed by atoms with Crippen molar-refractivity contribution < 1.29 is 0 Å². The summed E-state index contributed by atoms with van der Waals surface area (Å²) in [6.07, 6.45) is 9.30. The molecule has 2 atom stereocenters. The van der Waals surface area contributed by atoms with E-state index in [0.717, 1.165) is 34.0 Å². The normalized spacial score (nSPS) is 21.7. The molecule has 2 aromatic rings. The lowest BCUT2D eigenvalue weighted by atomic mass is 10.0. The van der Waals surface area contributed by atoms with E-state index >= 15 is 0 Å². The van der Waals surface area contributed by atoms with E-state index in [4.69, 9.17) is 16.6 Å². The Bertz CT molecular complexity index is 860. The summed E-state index contributed by atoms with van der Waals surface area (Å²) in [5.74, 6) is 1.18. The predicted molar refractivity (Wildman–Crippen MR) is 101 cm³/mol. The molecule has 122 valence electrons. The minimum atomic E-state index is 0.333. The molecule has 0 amide bonds. The third-order valence-corrected chi connectivity index (χ3v) is 5.76. The van der Waals surface area contributed by atoms with E-state index in [0.29, 0.717) is 17.1 Å². The fourth-order valence-corrected chi connectivity index (χ4v) is 4.37. The number of rotatable bonds is 2. The largest absolute Gasteiger partial charge is 0.328 e. The van der Waals surface area contributed by atoms with Crippen LogP contribution in [0.5, 0.6) is 0 Å². The zero-order valence-electron chi connectivity index (χ0n) is 13.6. The summed E-state index contributed by atoms with van der Waals surface area (Å²) in [6.45, 7) is 4.39. The monoisotopic (exact) mass is 355 g/mol. The van der Waals surface area contributed by atoms with Gasteiger partial charge in [-0.1, -0.05) is 30.7 Å². The highest BCUT2D eigenvalue weighted by Crippen LogP contribution is 2.48. The molecule has 24 heavy (non-hydrogen) atoms. The van der Waals surface area contributed by atoms with Gasteiger partial charge >= 0.3 is 0 Å². The van der Waals surface area contributed by atoms with E-state index in [2.05, 4.69) is 48.4 Å². The fourth-order valence-electron chi connectivity index (χ4n) is 3.09.